The Morgan fingerprint density at radius 2 is 2.00 bits per heavy atom. The average Bonchev–Trinajstić information content (AvgIpc) is 2.18. The number of hydrogen-bond acceptors (Lipinski definition) is 4. The Morgan fingerprint density at radius 3 is 2.53 bits per heavy atom. The fourth-order valence-electron chi connectivity index (χ4n) is 1.21. The quantitative estimate of drug-likeness (QED) is 0.737. The molecule has 0 aliphatic rings. The molecule has 5 heteroatoms. The Hall–Kier alpha value is -0.970. The van der Waals surface area contributed by atoms with Crippen LogP contribution in [0, 0.1) is 0 Å². The van der Waals surface area contributed by atoms with E-state index >= 15 is 0 Å². The first kappa shape index (κ1) is 12.1. The van der Waals surface area contributed by atoms with E-state index < -0.39 is 9.84 Å². The van der Waals surface area contributed by atoms with Gasteiger partial charge in [-0.1, -0.05) is 20.8 Å². The molecule has 0 radical (unpaired) electrons. The SMILES string of the molecule is CCCS(=O)(=O)c1cc(C(C)C)ncn1. The normalized spacial score (nSPS) is 12.0. The molecule has 0 saturated heterocycles. The highest BCUT2D eigenvalue weighted by molar-refractivity contribution is 7.91. The number of hydrogen-bond donors (Lipinski definition) is 0. The van der Waals surface area contributed by atoms with Crippen molar-refractivity contribution in [2.45, 2.75) is 38.1 Å². The summed E-state index contributed by atoms with van der Waals surface area (Å²) in [6, 6.07) is 1.57. The summed E-state index contributed by atoms with van der Waals surface area (Å²) in [5, 5.41) is 0.142. The van der Waals surface area contributed by atoms with E-state index in [9.17, 15) is 8.42 Å². The third-order valence-electron chi connectivity index (χ3n) is 2.05. The lowest BCUT2D eigenvalue weighted by atomic mass is 10.1. The Morgan fingerprint density at radius 1 is 1.33 bits per heavy atom. The van der Waals surface area contributed by atoms with Crippen molar-refractivity contribution >= 4 is 9.84 Å². The summed E-state index contributed by atoms with van der Waals surface area (Å²) < 4.78 is 23.4. The number of aromatic nitrogens is 2. The van der Waals surface area contributed by atoms with Crippen LogP contribution in [-0.2, 0) is 9.84 Å². The Kier molecular flexibility index (Phi) is 3.79. The molecular formula is C10H16N2O2S. The lowest BCUT2D eigenvalue weighted by Gasteiger charge is -2.06. The molecule has 0 bridgehead atoms. The predicted molar refractivity (Wildman–Crippen MR) is 58.5 cm³/mol. The molecule has 0 saturated carbocycles. The second-order valence-corrected chi connectivity index (χ2v) is 5.81. The van der Waals surface area contributed by atoms with Gasteiger partial charge in [0.1, 0.15) is 6.33 Å². The van der Waals surface area contributed by atoms with Gasteiger partial charge in [-0.3, -0.25) is 0 Å². The monoisotopic (exact) mass is 228 g/mol. The number of rotatable bonds is 4. The zero-order valence-corrected chi connectivity index (χ0v) is 10.1. The van der Waals surface area contributed by atoms with Crippen LogP contribution in [0.3, 0.4) is 0 Å². The van der Waals surface area contributed by atoms with E-state index in [1.807, 2.05) is 20.8 Å². The lowest BCUT2D eigenvalue weighted by Crippen LogP contribution is -2.09. The summed E-state index contributed by atoms with van der Waals surface area (Å²) in [6.45, 7) is 5.78. The van der Waals surface area contributed by atoms with Gasteiger partial charge in [0.15, 0.2) is 14.9 Å². The molecule has 0 spiro atoms. The van der Waals surface area contributed by atoms with Gasteiger partial charge in [-0.25, -0.2) is 18.4 Å². The number of sulfone groups is 1. The van der Waals surface area contributed by atoms with Crippen molar-refractivity contribution in [3.05, 3.63) is 18.1 Å². The van der Waals surface area contributed by atoms with E-state index in [1.165, 1.54) is 6.33 Å². The van der Waals surface area contributed by atoms with Crippen LogP contribution in [-0.4, -0.2) is 24.1 Å². The smallest absolute Gasteiger partial charge is 0.195 e. The van der Waals surface area contributed by atoms with Crippen molar-refractivity contribution in [3.63, 3.8) is 0 Å². The predicted octanol–water partition coefficient (Wildman–Crippen LogP) is 1.78. The van der Waals surface area contributed by atoms with Crippen molar-refractivity contribution in [2.24, 2.45) is 0 Å². The molecule has 0 fully saturated rings. The maximum atomic E-state index is 11.7. The van der Waals surface area contributed by atoms with Crippen LogP contribution in [0.25, 0.3) is 0 Å². The Labute approximate surface area is 90.7 Å². The molecule has 0 unspecified atom stereocenters. The highest BCUT2D eigenvalue weighted by Crippen LogP contribution is 2.15. The molecule has 4 nitrogen and oxygen atoms in total. The molecule has 1 aromatic heterocycles. The van der Waals surface area contributed by atoms with Gasteiger partial charge in [-0.2, -0.15) is 0 Å². The van der Waals surface area contributed by atoms with Crippen LogP contribution >= 0.6 is 0 Å². The molecule has 0 atom stereocenters. The van der Waals surface area contributed by atoms with Crippen molar-refractivity contribution in [1.82, 2.24) is 9.97 Å². The highest BCUT2D eigenvalue weighted by Gasteiger charge is 2.16. The molecule has 1 rings (SSSR count). The lowest BCUT2D eigenvalue weighted by molar-refractivity contribution is 0.589. The van der Waals surface area contributed by atoms with Gasteiger partial charge < -0.3 is 0 Å². The zero-order chi connectivity index (χ0) is 11.5. The summed E-state index contributed by atoms with van der Waals surface area (Å²) in [5.74, 6) is 0.352. The van der Waals surface area contributed by atoms with E-state index in [0.29, 0.717) is 6.42 Å². The second-order valence-electron chi connectivity index (χ2n) is 3.75. The molecule has 0 N–H and O–H groups in total. The van der Waals surface area contributed by atoms with Crippen LogP contribution in [0.15, 0.2) is 17.4 Å². The topological polar surface area (TPSA) is 59.9 Å². The van der Waals surface area contributed by atoms with Crippen LogP contribution < -0.4 is 0 Å². The molecule has 0 amide bonds. The third-order valence-corrected chi connectivity index (χ3v) is 3.85. The minimum atomic E-state index is -3.22. The summed E-state index contributed by atoms with van der Waals surface area (Å²) in [4.78, 5) is 7.85. The van der Waals surface area contributed by atoms with Gasteiger partial charge in [-0.15, -0.1) is 0 Å². The molecule has 1 heterocycles. The van der Waals surface area contributed by atoms with Crippen LogP contribution in [0.4, 0.5) is 0 Å². The van der Waals surface area contributed by atoms with Crippen LogP contribution in [0.2, 0.25) is 0 Å². The average molecular weight is 228 g/mol. The Balaban J connectivity index is 3.11. The molecule has 84 valence electrons. The van der Waals surface area contributed by atoms with E-state index in [1.54, 1.807) is 6.07 Å². The summed E-state index contributed by atoms with van der Waals surface area (Å²) in [6.07, 6.45) is 1.92. The van der Waals surface area contributed by atoms with Crippen molar-refractivity contribution < 1.29 is 8.42 Å². The molecular weight excluding hydrogens is 212 g/mol. The minimum Gasteiger partial charge on any atom is -0.241 e. The zero-order valence-electron chi connectivity index (χ0n) is 9.27. The van der Waals surface area contributed by atoms with Crippen molar-refractivity contribution in [2.75, 3.05) is 5.75 Å². The van der Waals surface area contributed by atoms with Gasteiger partial charge in [-0.05, 0) is 18.4 Å². The first-order valence-corrected chi connectivity index (χ1v) is 6.67. The second kappa shape index (κ2) is 4.70. The Bertz CT molecular complexity index is 427. The maximum Gasteiger partial charge on any atom is 0.195 e. The largest absolute Gasteiger partial charge is 0.241 e. The van der Waals surface area contributed by atoms with Crippen molar-refractivity contribution in [3.8, 4) is 0 Å². The molecule has 0 aliphatic heterocycles. The standard InChI is InChI=1S/C10H16N2O2S/c1-4-5-15(13,14)10-6-9(8(2)3)11-7-12-10/h6-8H,4-5H2,1-3H3. The van der Waals surface area contributed by atoms with E-state index in [4.69, 9.17) is 0 Å². The van der Waals surface area contributed by atoms with Gasteiger partial charge in [0.25, 0.3) is 0 Å². The molecule has 1 aromatic rings. The maximum absolute atomic E-state index is 11.7. The summed E-state index contributed by atoms with van der Waals surface area (Å²) in [7, 11) is -3.22. The molecule has 0 aliphatic carbocycles. The number of nitrogens with zero attached hydrogens (tertiary/aromatic N) is 2. The van der Waals surface area contributed by atoms with E-state index in [2.05, 4.69) is 9.97 Å². The minimum absolute atomic E-state index is 0.140. The van der Waals surface area contributed by atoms with Crippen LogP contribution in [0.5, 0.6) is 0 Å². The third kappa shape index (κ3) is 2.99. The fourth-order valence-corrected chi connectivity index (χ4v) is 2.47. The first-order chi connectivity index (χ1) is 6.97. The van der Waals surface area contributed by atoms with E-state index in [0.717, 1.165) is 5.69 Å². The fraction of sp³-hybridized carbons (Fsp3) is 0.600. The van der Waals surface area contributed by atoms with Gasteiger partial charge >= 0.3 is 0 Å². The first-order valence-electron chi connectivity index (χ1n) is 5.02. The van der Waals surface area contributed by atoms with E-state index in [-0.39, 0.29) is 16.7 Å². The molecule has 15 heavy (non-hydrogen) atoms. The van der Waals surface area contributed by atoms with Gasteiger partial charge in [0, 0.05) is 5.69 Å². The van der Waals surface area contributed by atoms with Crippen LogP contribution in [0.1, 0.15) is 38.8 Å². The summed E-state index contributed by atoms with van der Waals surface area (Å²) >= 11 is 0. The molecule has 0 aromatic carbocycles. The highest BCUT2D eigenvalue weighted by atomic mass is 32.2. The van der Waals surface area contributed by atoms with Crippen molar-refractivity contribution in [1.29, 1.82) is 0 Å². The van der Waals surface area contributed by atoms with Gasteiger partial charge in [0.2, 0.25) is 0 Å². The summed E-state index contributed by atoms with van der Waals surface area (Å²) in [5.41, 5.74) is 0.764. The van der Waals surface area contributed by atoms with Gasteiger partial charge in [0.05, 0.1) is 5.75 Å².